The fourth-order valence-electron chi connectivity index (χ4n) is 2.35. The Hall–Kier alpha value is -2.75. The molecule has 22 heavy (non-hydrogen) atoms. The summed E-state index contributed by atoms with van der Waals surface area (Å²) < 4.78 is 5.08. The van der Waals surface area contributed by atoms with Crippen molar-refractivity contribution in [3.63, 3.8) is 0 Å². The van der Waals surface area contributed by atoms with Crippen molar-refractivity contribution in [1.29, 1.82) is 0 Å². The van der Waals surface area contributed by atoms with Crippen molar-refractivity contribution < 1.29 is 9.53 Å². The van der Waals surface area contributed by atoms with Gasteiger partial charge in [0.2, 0.25) is 0 Å². The van der Waals surface area contributed by atoms with E-state index in [0.717, 1.165) is 27.8 Å². The van der Waals surface area contributed by atoms with Crippen LogP contribution in [0.15, 0.2) is 54.6 Å². The van der Waals surface area contributed by atoms with Gasteiger partial charge in [0.1, 0.15) is 0 Å². The van der Waals surface area contributed by atoms with Gasteiger partial charge in [-0.2, -0.15) is 0 Å². The number of nitrogens with one attached hydrogen (secondary N) is 2. The van der Waals surface area contributed by atoms with Crippen molar-refractivity contribution in [3.05, 3.63) is 54.6 Å². The molecule has 0 aliphatic carbocycles. The molecule has 0 atom stereocenters. The molecule has 0 radical (unpaired) electrons. The third-order valence-corrected chi connectivity index (χ3v) is 3.29. The second-order valence-corrected chi connectivity index (χ2v) is 5.43. The van der Waals surface area contributed by atoms with Gasteiger partial charge >= 0.3 is 6.09 Å². The van der Waals surface area contributed by atoms with Gasteiger partial charge in [0.15, 0.2) is 0 Å². The number of ether oxygens (including phenoxy) is 1. The van der Waals surface area contributed by atoms with Gasteiger partial charge in [-0.05, 0) is 43.7 Å². The molecule has 3 rings (SSSR count). The fraction of sp³-hybridized carbons (Fsp3) is 0.167. The number of benzene rings is 2. The molecule has 1 heterocycles. The van der Waals surface area contributed by atoms with Crippen LogP contribution in [-0.4, -0.2) is 17.2 Å². The van der Waals surface area contributed by atoms with E-state index >= 15 is 0 Å². The number of fused-ring (bicyclic) bond motifs is 1. The summed E-state index contributed by atoms with van der Waals surface area (Å²) >= 11 is 0. The zero-order valence-corrected chi connectivity index (χ0v) is 12.6. The molecule has 112 valence electrons. The molecule has 0 unspecified atom stereocenters. The lowest BCUT2D eigenvalue weighted by molar-refractivity contribution is 0.130. The van der Waals surface area contributed by atoms with Crippen LogP contribution in [-0.2, 0) is 4.74 Å². The molecule has 4 heteroatoms. The molecule has 0 aliphatic rings. The van der Waals surface area contributed by atoms with Crippen molar-refractivity contribution in [1.82, 2.24) is 4.98 Å². The Kier molecular flexibility index (Phi) is 3.83. The maximum atomic E-state index is 11.6. The Bertz CT molecular complexity index is 791. The maximum absolute atomic E-state index is 11.6. The van der Waals surface area contributed by atoms with Gasteiger partial charge in [-0.3, -0.25) is 5.32 Å². The molecule has 3 aromatic rings. The van der Waals surface area contributed by atoms with E-state index in [-0.39, 0.29) is 6.10 Å². The number of hydrogen-bond acceptors (Lipinski definition) is 2. The SMILES string of the molecule is CC(C)OC(=O)Nc1ccc2[nH]c(-c3ccccc3)cc2c1. The molecule has 4 nitrogen and oxygen atoms in total. The molecule has 2 N–H and O–H groups in total. The van der Waals surface area contributed by atoms with Gasteiger partial charge in [-0.1, -0.05) is 30.3 Å². The van der Waals surface area contributed by atoms with Gasteiger partial charge < -0.3 is 9.72 Å². The lowest BCUT2D eigenvalue weighted by Gasteiger charge is -2.09. The Morgan fingerprint density at radius 3 is 2.59 bits per heavy atom. The first kappa shape index (κ1) is 14.2. The summed E-state index contributed by atoms with van der Waals surface area (Å²) in [7, 11) is 0. The summed E-state index contributed by atoms with van der Waals surface area (Å²) in [5.74, 6) is 0. The Labute approximate surface area is 129 Å². The molecule has 0 spiro atoms. The number of H-pyrrole nitrogens is 1. The second-order valence-electron chi connectivity index (χ2n) is 5.43. The minimum absolute atomic E-state index is 0.138. The predicted molar refractivity (Wildman–Crippen MR) is 89.0 cm³/mol. The smallest absolute Gasteiger partial charge is 0.411 e. The van der Waals surface area contributed by atoms with E-state index in [2.05, 4.69) is 28.5 Å². The summed E-state index contributed by atoms with van der Waals surface area (Å²) in [5.41, 5.74) is 3.93. The molecular formula is C18H18N2O2. The van der Waals surface area contributed by atoms with Crippen LogP contribution >= 0.6 is 0 Å². The summed E-state index contributed by atoms with van der Waals surface area (Å²) in [6.07, 6.45) is -0.575. The average molecular weight is 294 g/mol. The summed E-state index contributed by atoms with van der Waals surface area (Å²) in [4.78, 5) is 15.0. The van der Waals surface area contributed by atoms with Crippen molar-refractivity contribution in [3.8, 4) is 11.3 Å². The molecule has 0 saturated heterocycles. The van der Waals surface area contributed by atoms with Crippen molar-refractivity contribution in [2.24, 2.45) is 0 Å². The van der Waals surface area contributed by atoms with Gasteiger partial charge in [-0.15, -0.1) is 0 Å². The third kappa shape index (κ3) is 3.11. The van der Waals surface area contributed by atoms with Crippen LogP contribution < -0.4 is 5.32 Å². The standard InChI is InChI=1S/C18H18N2O2/c1-12(2)22-18(21)19-15-8-9-16-14(10-15)11-17(20-16)13-6-4-3-5-7-13/h3-12,20H,1-2H3,(H,19,21). The van der Waals surface area contributed by atoms with E-state index in [1.165, 1.54) is 0 Å². The highest BCUT2D eigenvalue weighted by Crippen LogP contribution is 2.26. The first-order chi connectivity index (χ1) is 10.6. The van der Waals surface area contributed by atoms with Gasteiger partial charge in [0.05, 0.1) is 6.10 Å². The maximum Gasteiger partial charge on any atom is 0.411 e. The van der Waals surface area contributed by atoms with Gasteiger partial charge in [0, 0.05) is 22.3 Å². The topological polar surface area (TPSA) is 54.1 Å². The zero-order valence-electron chi connectivity index (χ0n) is 12.6. The quantitative estimate of drug-likeness (QED) is 0.729. The highest BCUT2D eigenvalue weighted by atomic mass is 16.6. The summed E-state index contributed by atoms with van der Waals surface area (Å²) in [6.45, 7) is 3.64. The largest absolute Gasteiger partial charge is 0.447 e. The third-order valence-electron chi connectivity index (χ3n) is 3.29. The van der Waals surface area contributed by atoms with Crippen LogP contribution in [0.4, 0.5) is 10.5 Å². The van der Waals surface area contributed by atoms with Crippen LogP contribution in [0.1, 0.15) is 13.8 Å². The lowest BCUT2D eigenvalue weighted by Crippen LogP contribution is -2.17. The van der Waals surface area contributed by atoms with Crippen molar-refractivity contribution in [2.45, 2.75) is 20.0 Å². The molecule has 0 saturated carbocycles. The Balaban J connectivity index is 1.86. The molecule has 0 bridgehead atoms. The summed E-state index contributed by atoms with van der Waals surface area (Å²) in [5, 5.41) is 3.78. The number of hydrogen-bond donors (Lipinski definition) is 2. The molecule has 1 amide bonds. The predicted octanol–water partition coefficient (Wildman–Crippen LogP) is 4.79. The van der Waals surface area contributed by atoms with Crippen LogP contribution in [0, 0.1) is 0 Å². The zero-order chi connectivity index (χ0) is 15.5. The number of amides is 1. The van der Waals surface area contributed by atoms with Crippen LogP contribution in [0.3, 0.4) is 0 Å². The normalized spacial score (nSPS) is 10.9. The number of carbonyl (C=O) groups excluding carboxylic acids is 1. The molecule has 1 aromatic heterocycles. The molecule has 0 fully saturated rings. The second kappa shape index (κ2) is 5.93. The van der Waals surface area contributed by atoms with Gasteiger partial charge in [-0.25, -0.2) is 4.79 Å². The first-order valence-electron chi connectivity index (χ1n) is 7.27. The number of aromatic nitrogens is 1. The monoisotopic (exact) mass is 294 g/mol. The highest BCUT2D eigenvalue weighted by Gasteiger charge is 2.08. The number of carbonyl (C=O) groups is 1. The minimum atomic E-state index is -0.437. The minimum Gasteiger partial charge on any atom is -0.447 e. The Morgan fingerprint density at radius 2 is 1.86 bits per heavy atom. The van der Waals surface area contributed by atoms with Crippen molar-refractivity contribution in [2.75, 3.05) is 5.32 Å². The van der Waals surface area contributed by atoms with Gasteiger partial charge in [0.25, 0.3) is 0 Å². The molecule has 0 aliphatic heterocycles. The van der Waals surface area contributed by atoms with E-state index in [9.17, 15) is 4.79 Å². The van der Waals surface area contributed by atoms with E-state index in [1.807, 2.05) is 50.2 Å². The number of rotatable bonds is 3. The highest BCUT2D eigenvalue weighted by molar-refractivity contribution is 5.92. The number of anilines is 1. The van der Waals surface area contributed by atoms with E-state index in [4.69, 9.17) is 4.74 Å². The lowest BCUT2D eigenvalue weighted by atomic mass is 10.1. The van der Waals surface area contributed by atoms with Crippen LogP contribution in [0.5, 0.6) is 0 Å². The first-order valence-corrected chi connectivity index (χ1v) is 7.27. The summed E-state index contributed by atoms with van der Waals surface area (Å²) in [6, 6.07) is 17.9. The average Bonchev–Trinajstić information content (AvgIpc) is 2.90. The van der Waals surface area contributed by atoms with E-state index in [0.29, 0.717) is 0 Å². The number of aromatic amines is 1. The molecule has 2 aromatic carbocycles. The van der Waals surface area contributed by atoms with E-state index < -0.39 is 6.09 Å². The Morgan fingerprint density at radius 1 is 1.09 bits per heavy atom. The van der Waals surface area contributed by atoms with E-state index in [1.54, 1.807) is 0 Å². The van der Waals surface area contributed by atoms with Crippen molar-refractivity contribution >= 4 is 22.7 Å². The molecular weight excluding hydrogens is 276 g/mol. The van der Waals surface area contributed by atoms with Crippen LogP contribution in [0.2, 0.25) is 0 Å². The fourth-order valence-corrected chi connectivity index (χ4v) is 2.35. The van der Waals surface area contributed by atoms with Crippen LogP contribution in [0.25, 0.3) is 22.2 Å².